The smallest absolute Gasteiger partial charge is 0.227 e. The lowest BCUT2D eigenvalue weighted by Crippen LogP contribution is -2.25. The zero-order valence-corrected chi connectivity index (χ0v) is 14.0. The molecule has 2 aromatic carbocycles. The van der Waals surface area contributed by atoms with Crippen LogP contribution >= 0.6 is 0 Å². The molecule has 0 aliphatic heterocycles. The minimum Gasteiger partial charge on any atom is -0.494 e. The predicted molar refractivity (Wildman–Crippen MR) is 95.0 cm³/mol. The number of nitrogens with zero attached hydrogens (tertiary/aromatic N) is 2. The van der Waals surface area contributed by atoms with Gasteiger partial charge in [0.1, 0.15) is 11.6 Å². The Morgan fingerprint density at radius 1 is 1.16 bits per heavy atom. The summed E-state index contributed by atoms with van der Waals surface area (Å²) in [4.78, 5) is 16.5. The molecule has 1 heterocycles. The largest absolute Gasteiger partial charge is 0.494 e. The van der Waals surface area contributed by atoms with Crippen molar-refractivity contribution in [3.05, 3.63) is 66.0 Å². The van der Waals surface area contributed by atoms with Crippen LogP contribution in [0.15, 0.2) is 54.6 Å². The van der Waals surface area contributed by atoms with Crippen LogP contribution in [0.1, 0.15) is 18.3 Å². The summed E-state index contributed by atoms with van der Waals surface area (Å²) in [7, 11) is 0. The second-order valence-electron chi connectivity index (χ2n) is 5.51. The molecule has 0 aliphatic carbocycles. The Morgan fingerprint density at radius 3 is 2.80 bits per heavy atom. The van der Waals surface area contributed by atoms with E-state index in [4.69, 9.17) is 4.74 Å². The van der Waals surface area contributed by atoms with Crippen molar-refractivity contribution in [2.75, 3.05) is 6.61 Å². The Bertz CT molecular complexity index is 830. The van der Waals surface area contributed by atoms with Crippen LogP contribution < -0.4 is 10.1 Å². The monoisotopic (exact) mass is 336 g/mol. The molecule has 0 spiro atoms. The Kier molecular flexibility index (Phi) is 5.41. The summed E-state index contributed by atoms with van der Waals surface area (Å²) in [6, 6.07) is 17.3. The molecule has 1 aromatic heterocycles. The minimum atomic E-state index is -0.113. The maximum absolute atomic E-state index is 12.1. The van der Waals surface area contributed by atoms with Gasteiger partial charge in [0.05, 0.1) is 13.0 Å². The van der Waals surface area contributed by atoms with Gasteiger partial charge in [-0.25, -0.2) is 4.98 Å². The van der Waals surface area contributed by atoms with E-state index in [1.165, 1.54) is 0 Å². The number of carbonyl (C=O) groups is 1. The highest BCUT2D eigenvalue weighted by atomic mass is 16.5. The average molecular weight is 336 g/mol. The van der Waals surface area contributed by atoms with E-state index in [1.807, 2.05) is 61.5 Å². The van der Waals surface area contributed by atoms with Gasteiger partial charge < -0.3 is 10.1 Å². The third kappa shape index (κ3) is 4.67. The number of aromatic amines is 1. The first-order valence-electron chi connectivity index (χ1n) is 8.19. The molecule has 25 heavy (non-hydrogen) atoms. The van der Waals surface area contributed by atoms with Crippen LogP contribution in [0.4, 0.5) is 0 Å². The molecular formula is C19H20N4O2. The highest BCUT2D eigenvalue weighted by Gasteiger charge is 2.10. The van der Waals surface area contributed by atoms with Crippen LogP contribution in [-0.4, -0.2) is 27.7 Å². The van der Waals surface area contributed by atoms with Crippen molar-refractivity contribution in [3.8, 4) is 17.1 Å². The van der Waals surface area contributed by atoms with Gasteiger partial charge in [-0.05, 0) is 24.6 Å². The Morgan fingerprint density at radius 2 is 2.00 bits per heavy atom. The second kappa shape index (κ2) is 8.10. The second-order valence-corrected chi connectivity index (χ2v) is 5.51. The first kappa shape index (κ1) is 16.7. The number of ether oxygens (including phenoxy) is 1. The summed E-state index contributed by atoms with van der Waals surface area (Å²) < 4.78 is 5.46. The zero-order chi connectivity index (χ0) is 17.5. The van der Waals surface area contributed by atoms with Crippen molar-refractivity contribution in [3.63, 3.8) is 0 Å². The van der Waals surface area contributed by atoms with E-state index < -0.39 is 0 Å². The van der Waals surface area contributed by atoms with Gasteiger partial charge in [-0.3, -0.25) is 9.89 Å². The van der Waals surface area contributed by atoms with Crippen LogP contribution in [-0.2, 0) is 17.8 Å². The van der Waals surface area contributed by atoms with Crippen molar-refractivity contribution < 1.29 is 9.53 Å². The maximum Gasteiger partial charge on any atom is 0.227 e. The number of H-pyrrole nitrogens is 1. The lowest BCUT2D eigenvalue weighted by Gasteiger charge is -2.07. The van der Waals surface area contributed by atoms with Gasteiger partial charge in [0.25, 0.3) is 0 Å². The molecule has 0 radical (unpaired) electrons. The van der Waals surface area contributed by atoms with E-state index >= 15 is 0 Å². The number of amides is 1. The van der Waals surface area contributed by atoms with Gasteiger partial charge in [0, 0.05) is 12.1 Å². The number of hydrogen-bond acceptors (Lipinski definition) is 4. The fourth-order valence-electron chi connectivity index (χ4n) is 2.42. The molecule has 2 N–H and O–H groups in total. The van der Waals surface area contributed by atoms with Crippen LogP contribution in [0.2, 0.25) is 0 Å². The summed E-state index contributed by atoms with van der Waals surface area (Å²) in [5.74, 6) is 1.82. The number of rotatable bonds is 7. The summed E-state index contributed by atoms with van der Waals surface area (Å²) in [6.45, 7) is 3.00. The van der Waals surface area contributed by atoms with E-state index in [0.29, 0.717) is 24.8 Å². The zero-order valence-electron chi connectivity index (χ0n) is 14.0. The summed E-state index contributed by atoms with van der Waals surface area (Å²) in [6.07, 6.45) is 0.158. The number of aromatic nitrogens is 3. The summed E-state index contributed by atoms with van der Waals surface area (Å²) >= 11 is 0. The lowest BCUT2D eigenvalue weighted by atomic mass is 10.2. The molecule has 0 aliphatic rings. The number of carbonyl (C=O) groups excluding carboxylic acids is 1. The molecular weight excluding hydrogens is 316 g/mol. The van der Waals surface area contributed by atoms with Gasteiger partial charge in [0.2, 0.25) is 5.91 Å². The van der Waals surface area contributed by atoms with Gasteiger partial charge in [0.15, 0.2) is 5.82 Å². The van der Waals surface area contributed by atoms with Crippen LogP contribution in [0, 0.1) is 0 Å². The minimum absolute atomic E-state index is 0.113. The van der Waals surface area contributed by atoms with E-state index in [9.17, 15) is 4.79 Å². The molecule has 1 amide bonds. The van der Waals surface area contributed by atoms with Crippen molar-refractivity contribution in [2.45, 2.75) is 19.9 Å². The normalized spacial score (nSPS) is 10.4. The van der Waals surface area contributed by atoms with Gasteiger partial charge >= 0.3 is 0 Å². The predicted octanol–water partition coefficient (Wildman–Crippen LogP) is 2.73. The molecule has 6 heteroatoms. The Labute approximate surface area is 146 Å². The molecule has 0 fully saturated rings. The maximum atomic E-state index is 12.1. The summed E-state index contributed by atoms with van der Waals surface area (Å²) in [5.41, 5.74) is 1.90. The van der Waals surface area contributed by atoms with Crippen molar-refractivity contribution >= 4 is 5.91 Å². The molecule has 128 valence electrons. The van der Waals surface area contributed by atoms with Crippen molar-refractivity contribution in [2.24, 2.45) is 0 Å². The van der Waals surface area contributed by atoms with Crippen LogP contribution in [0.25, 0.3) is 11.4 Å². The fraction of sp³-hybridized carbons (Fsp3) is 0.211. The molecule has 3 aromatic rings. The Balaban J connectivity index is 1.55. The van der Waals surface area contributed by atoms with Crippen molar-refractivity contribution in [1.82, 2.24) is 20.5 Å². The van der Waals surface area contributed by atoms with Crippen LogP contribution in [0.3, 0.4) is 0 Å². The molecule has 6 nitrogen and oxygen atoms in total. The SMILES string of the molecule is CCOc1cccc(CNC(=O)Cc2nc(-c3ccccc3)n[nH]2)c1. The van der Waals surface area contributed by atoms with Gasteiger partial charge in [-0.15, -0.1) is 0 Å². The highest BCUT2D eigenvalue weighted by Crippen LogP contribution is 2.14. The topological polar surface area (TPSA) is 79.9 Å². The van der Waals surface area contributed by atoms with E-state index in [0.717, 1.165) is 16.9 Å². The van der Waals surface area contributed by atoms with E-state index in [1.54, 1.807) is 0 Å². The van der Waals surface area contributed by atoms with E-state index in [2.05, 4.69) is 20.5 Å². The number of nitrogens with one attached hydrogen (secondary N) is 2. The molecule has 3 rings (SSSR count). The standard InChI is InChI=1S/C19H20N4O2/c1-2-25-16-10-6-7-14(11-16)13-20-18(24)12-17-21-19(23-22-17)15-8-4-3-5-9-15/h3-11H,2,12-13H2,1H3,(H,20,24)(H,21,22,23). The van der Waals surface area contributed by atoms with Gasteiger partial charge in [-0.2, -0.15) is 5.10 Å². The first-order chi connectivity index (χ1) is 12.2. The molecule has 0 atom stereocenters. The molecule has 0 saturated heterocycles. The quantitative estimate of drug-likeness (QED) is 0.695. The third-order valence-corrected chi connectivity index (χ3v) is 3.59. The summed E-state index contributed by atoms with van der Waals surface area (Å²) in [5, 5.41) is 9.86. The van der Waals surface area contributed by atoms with E-state index in [-0.39, 0.29) is 12.3 Å². The highest BCUT2D eigenvalue weighted by molar-refractivity contribution is 5.77. The molecule has 0 bridgehead atoms. The molecule has 0 unspecified atom stereocenters. The van der Waals surface area contributed by atoms with Crippen LogP contribution in [0.5, 0.6) is 5.75 Å². The average Bonchev–Trinajstić information content (AvgIpc) is 3.10. The fourth-order valence-corrected chi connectivity index (χ4v) is 2.42. The Hall–Kier alpha value is -3.15. The lowest BCUT2D eigenvalue weighted by molar-refractivity contribution is -0.120. The molecule has 0 saturated carbocycles. The first-order valence-corrected chi connectivity index (χ1v) is 8.19. The van der Waals surface area contributed by atoms with Gasteiger partial charge in [-0.1, -0.05) is 42.5 Å². The third-order valence-electron chi connectivity index (χ3n) is 3.59. The number of benzene rings is 2. The van der Waals surface area contributed by atoms with Crippen molar-refractivity contribution in [1.29, 1.82) is 0 Å². The number of hydrogen-bond donors (Lipinski definition) is 2.